The predicted octanol–water partition coefficient (Wildman–Crippen LogP) is 6.30. The molecule has 1 atom stereocenters. The Bertz CT molecular complexity index is 1460. The molecule has 33 heavy (non-hydrogen) atoms. The van der Waals surface area contributed by atoms with Crippen LogP contribution < -0.4 is 4.90 Å². The highest BCUT2D eigenvalue weighted by molar-refractivity contribution is 9.10. The van der Waals surface area contributed by atoms with Crippen LogP contribution in [-0.4, -0.2) is 21.8 Å². The number of amides is 1. The van der Waals surface area contributed by atoms with Gasteiger partial charge in [-0.15, -0.1) is 0 Å². The van der Waals surface area contributed by atoms with Crippen LogP contribution in [0.15, 0.2) is 76.8 Å². The van der Waals surface area contributed by atoms with E-state index >= 15 is 0 Å². The van der Waals surface area contributed by atoms with Crippen LogP contribution in [0.3, 0.4) is 0 Å². The molecule has 1 amide bonds. The molecule has 1 saturated heterocycles. The summed E-state index contributed by atoms with van der Waals surface area (Å²) in [5.74, 6) is -1.63. The second-order valence-electron chi connectivity index (χ2n) is 8.06. The molecule has 0 saturated carbocycles. The highest BCUT2D eigenvalue weighted by Gasteiger charge is 2.48. The number of aromatic nitrogens is 1. The Hall–Kier alpha value is -3.29. The number of fused-ring (bicyclic) bond motifs is 1. The molecule has 7 heteroatoms. The molecular formula is C26H19BrN2O3S. The van der Waals surface area contributed by atoms with Gasteiger partial charge in [0.25, 0.3) is 5.78 Å². The number of rotatable bonds is 3. The summed E-state index contributed by atoms with van der Waals surface area (Å²) in [6.45, 7) is 3.94. The zero-order valence-electron chi connectivity index (χ0n) is 17.9. The van der Waals surface area contributed by atoms with Gasteiger partial charge in [-0.05, 0) is 49.2 Å². The number of halogens is 1. The fourth-order valence-corrected chi connectivity index (χ4v) is 5.52. The van der Waals surface area contributed by atoms with Gasteiger partial charge in [-0.1, -0.05) is 75.3 Å². The molecule has 1 aromatic heterocycles. The van der Waals surface area contributed by atoms with Gasteiger partial charge in [-0.25, -0.2) is 4.98 Å². The van der Waals surface area contributed by atoms with E-state index in [1.165, 1.54) is 16.2 Å². The molecule has 3 aromatic carbocycles. The molecule has 4 aromatic rings. The van der Waals surface area contributed by atoms with E-state index < -0.39 is 17.7 Å². The lowest BCUT2D eigenvalue weighted by Gasteiger charge is -2.23. The average Bonchev–Trinajstić information content (AvgIpc) is 3.32. The first-order chi connectivity index (χ1) is 15.8. The quantitative estimate of drug-likeness (QED) is 0.196. The Balaban J connectivity index is 1.74. The summed E-state index contributed by atoms with van der Waals surface area (Å²) in [6.07, 6.45) is 0. The Kier molecular flexibility index (Phi) is 5.38. The van der Waals surface area contributed by atoms with Crippen LogP contribution in [0.1, 0.15) is 28.3 Å². The predicted molar refractivity (Wildman–Crippen MR) is 134 cm³/mol. The molecule has 0 spiro atoms. The smallest absolute Gasteiger partial charge is 0.301 e. The number of nitrogens with zero attached hydrogens (tertiary/aromatic N) is 2. The molecule has 0 bridgehead atoms. The highest BCUT2D eigenvalue weighted by atomic mass is 79.9. The number of carbonyl (C=O) groups excluding carboxylic acids is 2. The van der Waals surface area contributed by atoms with Crippen molar-refractivity contribution in [3.8, 4) is 0 Å². The monoisotopic (exact) mass is 518 g/mol. The van der Waals surface area contributed by atoms with E-state index in [-0.39, 0.29) is 11.3 Å². The van der Waals surface area contributed by atoms with Gasteiger partial charge in [-0.3, -0.25) is 14.5 Å². The number of aryl methyl sites for hydroxylation is 2. The van der Waals surface area contributed by atoms with Crippen molar-refractivity contribution in [2.75, 3.05) is 4.90 Å². The fraction of sp³-hybridized carbons (Fsp3) is 0.115. The van der Waals surface area contributed by atoms with Gasteiger partial charge in [0.2, 0.25) is 0 Å². The zero-order valence-corrected chi connectivity index (χ0v) is 20.3. The van der Waals surface area contributed by atoms with E-state index in [0.717, 1.165) is 25.8 Å². The molecule has 164 valence electrons. The summed E-state index contributed by atoms with van der Waals surface area (Å²) in [6, 6.07) is 19.7. The molecule has 1 aliphatic rings. The van der Waals surface area contributed by atoms with Gasteiger partial charge >= 0.3 is 5.91 Å². The van der Waals surface area contributed by atoms with E-state index in [4.69, 9.17) is 0 Å². The zero-order chi connectivity index (χ0) is 23.3. The lowest BCUT2D eigenvalue weighted by Crippen LogP contribution is -2.29. The van der Waals surface area contributed by atoms with Gasteiger partial charge in [0.15, 0.2) is 5.13 Å². The van der Waals surface area contributed by atoms with Crippen LogP contribution in [0.4, 0.5) is 5.13 Å². The van der Waals surface area contributed by atoms with Gasteiger partial charge in [0.05, 0.1) is 21.8 Å². The Labute approximate surface area is 203 Å². The number of carbonyl (C=O) groups is 2. The summed E-state index contributed by atoms with van der Waals surface area (Å²) < 4.78 is 1.74. The third-order valence-corrected chi connectivity index (χ3v) is 7.18. The summed E-state index contributed by atoms with van der Waals surface area (Å²) in [5, 5.41) is 11.6. The minimum absolute atomic E-state index is 0.0531. The number of anilines is 1. The number of hydrogen-bond acceptors (Lipinski definition) is 5. The van der Waals surface area contributed by atoms with Crippen molar-refractivity contribution >= 4 is 60.1 Å². The van der Waals surface area contributed by atoms with Crippen LogP contribution in [0.25, 0.3) is 16.0 Å². The number of benzene rings is 3. The molecule has 0 unspecified atom stereocenters. The van der Waals surface area contributed by atoms with E-state index in [2.05, 4.69) is 20.9 Å². The van der Waals surface area contributed by atoms with Gasteiger partial charge in [0, 0.05) is 10.0 Å². The molecular weight excluding hydrogens is 500 g/mol. The number of aliphatic hydroxyl groups is 1. The van der Waals surface area contributed by atoms with Gasteiger partial charge in [0.1, 0.15) is 5.76 Å². The maximum absolute atomic E-state index is 13.3. The molecule has 2 heterocycles. The standard InChI is InChI=1S/C26H19BrN2O3S/c1-14-6-9-16(10-7-14)23(30)21-22(17-4-3-5-18(27)13-17)29(25(32)24(21)31)26-28-19-11-8-15(2)12-20(19)33-26/h3-13,22,30H,1-2H3/t22-/m0/s1. The summed E-state index contributed by atoms with van der Waals surface area (Å²) in [4.78, 5) is 32.6. The molecule has 1 aliphatic heterocycles. The Morgan fingerprint density at radius 1 is 1.00 bits per heavy atom. The Morgan fingerprint density at radius 3 is 2.45 bits per heavy atom. The first kappa shape index (κ1) is 21.6. The minimum atomic E-state index is -0.800. The van der Waals surface area contributed by atoms with Crippen molar-refractivity contribution in [3.05, 3.63) is 99.0 Å². The van der Waals surface area contributed by atoms with Crippen molar-refractivity contribution in [2.45, 2.75) is 19.9 Å². The first-order valence-corrected chi connectivity index (χ1v) is 11.9. The lowest BCUT2D eigenvalue weighted by atomic mass is 9.95. The second-order valence-corrected chi connectivity index (χ2v) is 9.98. The third-order valence-electron chi connectivity index (χ3n) is 5.67. The molecule has 5 rings (SSSR count). The molecule has 0 aliphatic carbocycles. The minimum Gasteiger partial charge on any atom is -0.507 e. The topological polar surface area (TPSA) is 70.5 Å². The summed E-state index contributed by atoms with van der Waals surface area (Å²) >= 11 is 4.84. The number of aliphatic hydroxyl groups excluding tert-OH is 1. The van der Waals surface area contributed by atoms with E-state index in [0.29, 0.717) is 16.3 Å². The second kappa shape index (κ2) is 8.24. The number of Topliss-reactive ketones (excluding diaryl/α,β-unsaturated/α-hetero) is 1. The van der Waals surface area contributed by atoms with Crippen molar-refractivity contribution in [3.63, 3.8) is 0 Å². The maximum atomic E-state index is 13.3. The van der Waals surface area contributed by atoms with E-state index in [1.54, 1.807) is 12.1 Å². The molecule has 1 fully saturated rings. The normalized spacial score (nSPS) is 17.8. The van der Waals surface area contributed by atoms with Crippen LogP contribution >= 0.6 is 27.3 Å². The van der Waals surface area contributed by atoms with Crippen molar-refractivity contribution in [1.82, 2.24) is 4.98 Å². The molecule has 5 nitrogen and oxygen atoms in total. The van der Waals surface area contributed by atoms with Crippen molar-refractivity contribution < 1.29 is 14.7 Å². The van der Waals surface area contributed by atoms with Crippen LogP contribution in [-0.2, 0) is 9.59 Å². The number of thiazole rings is 1. The highest BCUT2D eigenvalue weighted by Crippen LogP contribution is 2.44. The van der Waals surface area contributed by atoms with Gasteiger partial charge in [-0.2, -0.15) is 0 Å². The van der Waals surface area contributed by atoms with E-state index in [9.17, 15) is 14.7 Å². The van der Waals surface area contributed by atoms with Crippen LogP contribution in [0, 0.1) is 13.8 Å². The summed E-state index contributed by atoms with van der Waals surface area (Å²) in [7, 11) is 0. The average molecular weight is 519 g/mol. The maximum Gasteiger partial charge on any atom is 0.301 e. The first-order valence-electron chi connectivity index (χ1n) is 10.3. The Morgan fingerprint density at radius 2 is 1.73 bits per heavy atom. The molecule has 0 radical (unpaired) electrons. The van der Waals surface area contributed by atoms with Gasteiger partial charge < -0.3 is 5.11 Å². The van der Waals surface area contributed by atoms with Crippen molar-refractivity contribution in [1.29, 1.82) is 0 Å². The number of ketones is 1. The largest absolute Gasteiger partial charge is 0.507 e. The van der Waals surface area contributed by atoms with Crippen LogP contribution in [0.2, 0.25) is 0 Å². The van der Waals surface area contributed by atoms with Crippen molar-refractivity contribution in [2.24, 2.45) is 0 Å². The third kappa shape index (κ3) is 3.77. The van der Waals surface area contributed by atoms with Crippen LogP contribution in [0.5, 0.6) is 0 Å². The number of hydrogen-bond donors (Lipinski definition) is 1. The molecule has 1 N–H and O–H groups in total. The lowest BCUT2D eigenvalue weighted by molar-refractivity contribution is -0.132. The van der Waals surface area contributed by atoms with E-state index in [1.807, 2.05) is 68.4 Å². The summed E-state index contributed by atoms with van der Waals surface area (Å²) in [5.41, 5.74) is 4.11. The SMILES string of the molecule is Cc1ccc(C(O)=C2C(=O)C(=O)N(c3nc4ccc(C)cc4s3)[C@H]2c2cccc(Br)c2)cc1. The fourth-order valence-electron chi connectivity index (χ4n) is 4.01.